The molecule has 1 aromatic rings. The number of esters is 1. The van der Waals surface area contributed by atoms with Gasteiger partial charge in [-0.2, -0.15) is 4.31 Å². The Hall–Kier alpha value is -1.40. The van der Waals surface area contributed by atoms with Crippen molar-refractivity contribution < 1.29 is 17.9 Å². The van der Waals surface area contributed by atoms with Gasteiger partial charge >= 0.3 is 5.97 Å². The van der Waals surface area contributed by atoms with E-state index in [1.165, 1.54) is 18.4 Å². The number of sulfonamides is 1. The maximum atomic E-state index is 11.9. The Kier molecular flexibility index (Phi) is 6.16. The van der Waals surface area contributed by atoms with Gasteiger partial charge in [-0.15, -0.1) is 11.3 Å². The van der Waals surface area contributed by atoms with Gasteiger partial charge in [0.1, 0.15) is 0 Å². The highest BCUT2D eigenvalue weighted by molar-refractivity contribution is 7.89. The van der Waals surface area contributed by atoms with Crippen molar-refractivity contribution >= 4 is 27.3 Å². The zero-order valence-corrected chi connectivity index (χ0v) is 12.9. The van der Waals surface area contributed by atoms with Crippen LogP contribution in [-0.4, -0.2) is 45.1 Å². The zero-order valence-electron chi connectivity index (χ0n) is 11.3. The predicted molar refractivity (Wildman–Crippen MR) is 77.5 cm³/mol. The number of hydrogen-bond acceptors (Lipinski definition) is 6. The molecule has 1 aromatic heterocycles. The Morgan fingerprint density at radius 3 is 2.85 bits per heavy atom. The smallest absolute Gasteiger partial charge is 0.322 e. The monoisotopic (exact) mass is 316 g/mol. The second-order valence-corrected chi connectivity index (χ2v) is 6.97. The quantitative estimate of drug-likeness (QED) is 0.610. The van der Waals surface area contributed by atoms with Crippen molar-refractivity contribution in [2.24, 2.45) is 5.73 Å². The molecular formula is C12H16N2O4S2. The summed E-state index contributed by atoms with van der Waals surface area (Å²) in [4.78, 5) is 11.9. The first-order valence-electron chi connectivity index (χ1n) is 5.66. The van der Waals surface area contributed by atoms with Gasteiger partial charge in [0.2, 0.25) is 10.0 Å². The third kappa shape index (κ3) is 4.94. The Morgan fingerprint density at radius 2 is 2.25 bits per heavy atom. The number of ether oxygens (including phenoxy) is 1. The van der Waals surface area contributed by atoms with Crippen molar-refractivity contribution in [2.75, 3.05) is 26.5 Å². The summed E-state index contributed by atoms with van der Waals surface area (Å²) in [5, 5.41) is 1.83. The Labute approximate surface area is 122 Å². The third-order valence-electron chi connectivity index (χ3n) is 2.37. The predicted octanol–water partition coefficient (Wildman–Crippen LogP) is -0.00710. The van der Waals surface area contributed by atoms with E-state index >= 15 is 0 Å². The molecule has 0 aromatic carbocycles. The summed E-state index contributed by atoms with van der Waals surface area (Å²) in [5.41, 5.74) is 6.08. The van der Waals surface area contributed by atoms with Crippen LogP contribution in [-0.2, 0) is 26.1 Å². The Bertz CT molecular complexity index is 625. The van der Waals surface area contributed by atoms with Crippen LogP contribution in [0.15, 0.2) is 11.4 Å². The summed E-state index contributed by atoms with van der Waals surface area (Å²) in [6, 6.07) is 1.80. The summed E-state index contributed by atoms with van der Waals surface area (Å²) < 4.78 is 29.2. The largest absolute Gasteiger partial charge is 0.468 e. The van der Waals surface area contributed by atoms with Crippen LogP contribution in [0.2, 0.25) is 0 Å². The lowest BCUT2D eigenvalue weighted by Gasteiger charge is -2.15. The van der Waals surface area contributed by atoms with Gasteiger partial charge in [0.15, 0.2) is 5.75 Å². The minimum Gasteiger partial charge on any atom is -0.468 e. The van der Waals surface area contributed by atoms with Crippen LogP contribution in [0.1, 0.15) is 10.4 Å². The van der Waals surface area contributed by atoms with Crippen molar-refractivity contribution in [3.05, 3.63) is 21.9 Å². The van der Waals surface area contributed by atoms with Gasteiger partial charge in [-0.25, -0.2) is 8.42 Å². The van der Waals surface area contributed by atoms with Gasteiger partial charge in [0, 0.05) is 29.4 Å². The van der Waals surface area contributed by atoms with Crippen molar-refractivity contribution in [1.82, 2.24) is 4.31 Å². The van der Waals surface area contributed by atoms with E-state index in [1.54, 1.807) is 6.07 Å². The SMILES string of the molecule is COC(=O)CS(=O)(=O)N(C)Cc1cc(C#CCN)cs1. The van der Waals surface area contributed by atoms with Crippen LogP contribution < -0.4 is 5.73 Å². The molecule has 0 bridgehead atoms. The number of carbonyl (C=O) groups excluding carboxylic acids is 1. The van der Waals surface area contributed by atoms with Crippen LogP contribution >= 0.6 is 11.3 Å². The van der Waals surface area contributed by atoms with Crippen molar-refractivity contribution in [2.45, 2.75) is 6.54 Å². The van der Waals surface area contributed by atoms with E-state index in [0.717, 1.165) is 21.9 Å². The van der Waals surface area contributed by atoms with Crippen LogP contribution in [0.3, 0.4) is 0 Å². The molecule has 0 unspecified atom stereocenters. The minimum atomic E-state index is -3.67. The third-order valence-corrected chi connectivity index (χ3v) is 4.97. The molecule has 0 spiro atoms. The Morgan fingerprint density at radius 1 is 1.55 bits per heavy atom. The van der Waals surface area contributed by atoms with Crippen LogP contribution in [0, 0.1) is 11.8 Å². The molecule has 0 aliphatic carbocycles. The van der Waals surface area contributed by atoms with E-state index < -0.39 is 21.7 Å². The summed E-state index contributed by atoms with van der Waals surface area (Å²) >= 11 is 1.40. The fourth-order valence-electron chi connectivity index (χ4n) is 1.32. The molecule has 0 saturated heterocycles. The fraction of sp³-hybridized carbons (Fsp3) is 0.417. The molecule has 0 aliphatic heterocycles. The summed E-state index contributed by atoms with van der Waals surface area (Å²) in [6.45, 7) is 0.465. The Balaban J connectivity index is 2.72. The van der Waals surface area contributed by atoms with E-state index in [4.69, 9.17) is 5.73 Å². The van der Waals surface area contributed by atoms with Crippen molar-refractivity contribution in [3.63, 3.8) is 0 Å². The molecule has 0 aliphatic rings. The number of rotatable bonds is 5. The highest BCUT2D eigenvalue weighted by Crippen LogP contribution is 2.17. The molecule has 8 heteroatoms. The highest BCUT2D eigenvalue weighted by Gasteiger charge is 2.23. The molecule has 0 atom stereocenters. The molecule has 1 rings (SSSR count). The van der Waals surface area contributed by atoms with Gasteiger partial charge in [-0.3, -0.25) is 4.79 Å². The number of methoxy groups -OCH3 is 1. The zero-order chi connectivity index (χ0) is 15.2. The normalized spacial score (nSPS) is 11.0. The van der Waals surface area contributed by atoms with Crippen LogP contribution in [0.4, 0.5) is 0 Å². The molecule has 110 valence electrons. The lowest BCUT2D eigenvalue weighted by Crippen LogP contribution is -2.32. The topological polar surface area (TPSA) is 89.7 Å². The first kappa shape index (κ1) is 16.7. The maximum absolute atomic E-state index is 11.9. The molecule has 2 N–H and O–H groups in total. The molecule has 0 saturated carbocycles. The minimum absolute atomic E-state index is 0.189. The second-order valence-electron chi connectivity index (χ2n) is 3.90. The standard InChI is InChI=1S/C12H16N2O4S2/c1-14(20(16,17)9-12(15)18-2)7-11-6-10(8-19-11)4-3-5-13/h6,8H,5,7,9,13H2,1-2H3. The number of carbonyl (C=O) groups is 1. The number of hydrogen-bond donors (Lipinski definition) is 1. The molecule has 6 nitrogen and oxygen atoms in total. The molecule has 0 amide bonds. The number of nitrogens with zero attached hydrogens (tertiary/aromatic N) is 1. The average molecular weight is 316 g/mol. The molecule has 20 heavy (non-hydrogen) atoms. The van der Waals surface area contributed by atoms with E-state index in [9.17, 15) is 13.2 Å². The van der Waals surface area contributed by atoms with Gasteiger partial charge in [0.05, 0.1) is 13.7 Å². The van der Waals surface area contributed by atoms with Crippen LogP contribution in [0.5, 0.6) is 0 Å². The lowest BCUT2D eigenvalue weighted by atomic mass is 10.3. The maximum Gasteiger partial charge on any atom is 0.322 e. The van der Waals surface area contributed by atoms with Gasteiger partial charge in [-0.1, -0.05) is 11.8 Å². The molecule has 1 heterocycles. The first-order chi connectivity index (χ1) is 9.39. The molecule has 0 fully saturated rings. The highest BCUT2D eigenvalue weighted by atomic mass is 32.2. The van der Waals surface area contributed by atoms with Crippen molar-refractivity contribution in [3.8, 4) is 11.8 Å². The molecule has 0 radical (unpaired) electrons. The van der Waals surface area contributed by atoms with E-state index in [2.05, 4.69) is 16.6 Å². The van der Waals surface area contributed by atoms with Gasteiger partial charge < -0.3 is 10.5 Å². The average Bonchev–Trinajstić information content (AvgIpc) is 2.83. The summed E-state index contributed by atoms with van der Waals surface area (Å²) in [7, 11) is -1.10. The molecular weight excluding hydrogens is 300 g/mol. The van der Waals surface area contributed by atoms with E-state index in [-0.39, 0.29) is 13.1 Å². The van der Waals surface area contributed by atoms with Crippen molar-refractivity contribution in [1.29, 1.82) is 0 Å². The fourth-order valence-corrected chi connectivity index (χ4v) is 3.24. The van der Waals surface area contributed by atoms with Gasteiger partial charge in [-0.05, 0) is 6.07 Å². The summed E-state index contributed by atoms with van der Waals surface area (Å²) in [5.74, 6) is 4.16. The lowest BCUT2D eigenvalue weighted by molar-refractivity contribution is -0.137. The van der Waals surface area contributed by atoms with E-state index in [0.29, 0.717) is 0 Å². The van der Waals surface area contributed by atoms with Gasteiger partial charge in [0.25, 0.3) is 0 Å². The van der Waals surface area contributed by atoms with Crippen LogP contribution in [0.25, 0.3) is 0 Å². The summed E-state index contributed by atoms with van der Waals surface area (Å²) in [6.07, 6.45) is 0. The van der Waals surface area contributed by atoms with E-state index in [1.807, 2.05) is 5.38 Å². The first-order valence-corrected chi connectivity index (χ1v) is 8.15. The number of thiophene rings is 1. The number of nitrogens with two attached hydrogens (primary N) is 1. The second kappa shape index (κ2) is 7.40.